The van der Waals surface area contributed by atoms with Crippen LogP contribution in [0.1, 0.15) is 58.6 Å². The molecular weight excluding hydrogens is 946 g/mol. The Kier molecular flexibility index (Phi) is 12.5. The van der Waals surface area contributed by atoms with Gasteiger partial charge in [0.05, 0.1) is 36.2 Å². The van der Waals surface area contributed by atoms with E-state index in [0.29, 0.717) is 34.3 Å². The molecule has 3 heterocycles. The van der Waals surface area contributed by atoms with Gasteiger partial charge < -0.3 is 14.0 Å². The van der Waals surface area contributed by atoms with Gasteiger partial charge in [-0.2, -0.15) is 0 Å². The summed E-state index contributed by atoms with van der Waals surface area (Å²) in [5.41, 5.74) is 11.3. The smallest absolute Gasteiger partial charge is 0.125 e. The van der Waals surface area contributed by atoms with Crippen molar-refractivity contribution in [3.63, 3.8) is 0 Å². The fourth-order valence-electron chi connectivity index (χ4n) is 8.07. The van der Waals surface area contributed by atoms with Crippen LogP contribution in [0.4, 0.5) is 4.39 Å². The largest absolute Gasteiger partial charge is 0.501 e. The van der Waals surface area contributed by atoms with Crippen LogP contribution in [0.2, 0.25) is 19.6 Å². The molecule has 0 N–H and O–H groups in total. The van der Waals surface area contributed by atoms with E-state index in [-0.39, 0.29) is 31.3 Å². The number of rotatable bonds is 7. The molecule has 4 nitrogen and oxygen atoms in total. The van der Waals surface area contributed by atoms with Crippen molar-refractivity contribution in [2.75, 3.05) is 0 Å². The van der Waals surface area contributed by atoms with Crippen molar-refractivity contribution in [3.8, 4) is 39.5 Å². The van der Waals surface area contributed by atoms with Crippen molar-refractivity contribution in [1.82, 2.24) is 14.5 Å². The van der Waals surface area contributed by atoms with Gasteiger partial charge in [0, 0.05) is 37.3 Å². The first kappa shape index (κ1) is 43.6. The van der Waals surface area contributed by atoms with Gasteiger partial charge in [-0.05, 0) is 63.5 Å². The molecule has 0 bridgehead atoms. The topological polar surface area (TPSA) is 43.9 Å². The molecule has 0 fully saturated rings. The quantitative estimate of drug-likeness (QED) is 0.118. The fraction of sp³-hybridized carbons (Fsp3) is 0.222. The minimum absolute atomic E-state index is 0. The molecule has 0 saturated carbocycles. The second-order valence-electron chi connectivity index (χ2n) is 18.1. The number of nitrogens with zero attached hydrogens (tertiary/aromatic N) is 3. The Balaban J connectivity index is 0.000000217. The zero-order chi connectivity index (χ0) is 42.3. The number of imidazole rings is 1. The van der Waals surface area contributed by atoms with Crippen molar-refractivity contribution >= 4 is 46.2 Å². The summed E-state index contributed by atoms with van der Waals surface area (Å²) in [5.74, 6) is 1.54. The molecule has 7 heteroatoms. The van der Waals surface area contributed by atoms with Gasteiger partial charge in [-0.3, -0.25) is 4.98 Å². The molecule has 1 radical (unpaired) electrons. The minimum Gasteiger partial charge on any atom is -0.501 e. The second-order valence-corrected chi connectivity index (χ2v) is 23.2. The first-order valence-electron chi connectivity index (χ1n) is 20.9. The average Bonchev–Trinajstić information content (AvgIpc) is 3.81. The SMILES string of the molecule is CC(C)(C)c1cccc(-c2ccccc2)c1-n1c(-c2[c-]ccc3c2oc2ccccc23)nc2ccc(F)cc21.CC(C)C(C)c1cc(-c2[c-]cccc2)ncc1[Si](C)(C)C.[Ir]. The summed E-state index contributed by atoms with van der Waals surface area (Å²) in [6.07, 6.45) is 2.12. The third-order valence-electron chi connectivity index (χ3n) is 11.6. The van der Waals surface area contributed by atoms with Crippen LogP contribution in [0.5, 0.6) is 0 Å². The minimum atomic E-state index is -1.38. The Morgan fingerprint density at radius 2 is 1.49 bits per heavy atom. The van der Waals surface area contributed by atoms with Crippen LogP contribution in [0.3, 0.4) is 0 Å². The number of aromatic nitrogens is 3. The maximum Gasteiger partial charge on any atom is 0.125 e. The summed E-state index contributed by atoms with van der Waals surface area (Å²) in [4.78, 5) is 9.80. The van der Waals surface area contributed by atoms with Crippen LogP contribution in [0.25, 0.3) is 72.4 Å². The van der Waals surface area contributed by atoms with Gasteiger partial charge in [0.1, 0.15) is 11.4 Å². The van der Waals surface area contributed by atoms with Gasteiger partial charge in [0.15, 0.2) is 0 Å². The normalized spacial score (nSPS) is 12.4. The molecule has 0 amide bonds. The molecule has 0 saturated heterocycles. The number of halogens is 1. The molecule has 9 aromatic rings. The summed E-state index contributed by atoms with van der Waals surface area (Å²) >= 11 is 0. The Bertz CT molecular complexity index is 2960. The van der Waals surface area contributed by atoms with E-state index in [4.69, 9.17) is 14.4 Å². The van der Waals surface area contributed by atoms with Crippen LogP contribution in [0.15, 0.2) is 144 Å². The van der Waals surface area contributed by atoms with E-state index >= 15 is 0 Å². The number of benzene rings is 6. The summed E-state index contributed by atoms with van der Waals surface area (Å²) in [6.45, 7) is 20.7. The number of pyridine rings is 1. The van der Waals surface area contributed by atoms with Crippen LogP contribution in [0, 0.1) is 23.9 Å². The van der Waals surface area contributed by atoms with Crippen LogP contribution < -0.4 is 5.19 Å². The summed E-state index contributed by atoms with van der Waals surface area (Å²) in [5, 5.41) is 3.52. The second kappa shape index (κ2) is 17.5. The predicted octanol–water partition coefficient (Wildman–Crippen LogP) is 14.3. The third kappa shape index (κ3) is 8.70. The molecule has 0 spiro atoms. The van der Waals surface area contributed by atoms with Crippen LogP contribution >= 0.6 is 0 Å². The molecule has 1 atom stereocenters. The monoisotopic (exact) mass is 998 g/mol. The molecule has 6 aromatic carbocycles. The summed E-state index contributed by atoms with van der Waals surface area (Å²) in [7, 11) is -1.38. The van der Waals surface area contributed by atoms with Crippen molar-refractivity contribution in [3.05, 3.63) is 169 Å². The molecule has 0 aliphatic carbocycles. The molecular formula is C54H52FIrN3OSi-2. The number of hydrogen-bond donors (Lipinski definition) is 0. The van der Waals surface area contributed by atoms with Gasteiger partial charge in [-0.25, -0.2) is 4.39 Å². The molecule has 311 valence electrons. The maximum absolute atomic E-state index is 14.8. The first-order chi connectivity index (χ1) is 28.7. The van der Waals surface area contributed by atoms with Crippen molar-refractivity contribution in [2.24, 2.45) is 5.92 Å². The molecule has 9 rings (SSSR count). The number of fused-ring (bicyclic) bond motifs is 4. The van der Waals surface area contributed by atoms with E-state index in [1.54, 1.807) is 12.1 Å². The van der Waals surface area contributed by atoms with Gasteiger partial charge >= 0.3 is 0 Å². The average molecular weight is 998 g/mol. The van der Waals surface area contributed by atoms with E-state index in [2.05, 4.69) is 133 Å². The number of furan rings is 1. The van der Waals surface area contributed by atoms with Gasteiger partial charge in [-0.1, -0.05) is 150 Å². The van der Waals surface area contributed by atoms with Crippen molar-refractivity contribution in [2.45, 2.75) is 72.5 Å². The van der Waals surface area contributed by atoms with E-state index in [9.17, 15) is 4.39 Å². The zero-order valence-corrected chi connectivity index (χ0v) is 39.8. The maximum atomic E-state index is 14.8. The summed E-state index contributed by atoms with van der Waals surface area (Å²) < 4.78 is 23.3. The fourth-order valence-corrected chi connectivity index (χ4v) is 9.69. The standard InChI is InChI=1S/C35H26FN2O.C19H26NSi.Ir/c1-35(2,3)28-17-10-14-24(22-11-5-4-6-12-22)32(28)38-30-21-23(36)19-20-29(30)37-34(38)27-16-9-15-26-25-13-7-8-18-31(25)39-33(26)27;1-14(2)15(3)17-12-18(16-10-8-7-9-11-16)20-13-19(17)21(4,5)6;/h4-15,17-21H,1-3H3;7-10,12-15H,1-6H3;/q2*-1;. The Labute approximate surface area is 374 Å². The van der Waals surface area contributed by atoms with Gasteiger partial charge in [0.25, 0.3) is 0 Å². The predicted molar refractivity (Wildman–Crippen MR) is 251 cm³/mol. The Hall–Kier alpha value is -5.46. The Morgan fingerprint density at radius 3 is 2.20 bits per heavy atom. The Morgan fingerprint density at radius 1 is 0.754 bits per heavy atom. The summed E-state index contributed by atoms with van der Waals surface area (Å²) in [6, 6.07) is 50.5. The van der Waals surface area contributed by atoms with E-state index < -0.39 is 8.07 Å². The molecule has 0 aliphatic heterocycles. The number of hydrogen-bond acceptors (Lipinski definition) is 3. The van der Waals surface area contributed by atoms with E-state index in [1.807, 2.05) is 66.7 Å². The van der Waals surface area contributed by atoms with Crippen LogP contribution in [-0.2, 0) is 25.5 Å². The van der Waals surface area contributed by atoms with E-state index in [1.165, 1.54) is 16.8 Å². The van der Waals surface area contributed by atoms with E-state index in [0.717, 1.165) is 55.6 Å². The molecule has 1 unspecified atom stereocenters. The number of para-hydroxylation sites is 2. The molecule has 0 aliphatic rings. The van der Waals surface area contributed by atoms with Crippen LogP contribution in [-0.4, -0.2) is 22.6 Å². The molecule has 61 heavy (non-hydrogen) atoms. The molecule has 3 aromatic heterocycles. The van der Waals surface area contributed by atoms with Crippen molar-refractivity contribution in [1.29, 1.82) is 0 Å². The van der Waals surface area contributed by atoms with Gasteiger partial charge in [0.2, 0.25) is 0 Å². The van der Waals surface area contributed by atoms with Gasteiger partial charge in [-0.15, -0.1) is 54.1 Å². The third-order valence-corrected chi connectivity index (χ3v) is 13.6. The first-order valence-corrected chi connectivity index (χ1v) is 24.4. The zero-order valence-electron chi connectivity index (χ0n) is 36.4. The van der Waals surface area contributed by atoms with Crippen molar-refractivity contribution < 1.29 is 28.9 Å².